The standard InChI is InChI=1S/C22H32O8Si/c1-21(2,3)29-19(23)17-18(14-10-11-15(25-4)16(12-14)26-5)28-13-22(17,20(24)27-6)30-31(7,8)9/h10-12H,13H2,1-9H3. The first kappa shape index (κ1) is 24.7. The zero-order valence-corrected chi connectivity index (χ0v) is 20.7. The molecule has 8 nitrogen and oxygen atoms in total. The Balaban J connectivity index is 2.78. The van der Waals surface area contributed by atoms with Crippen molar-refractivity contribution in [3.63, 3.8) is 0 Å². The van der Waals surface area contributed by atoms with Gasteiger partial charge in [0.25, 0.3) is 0 Å². The van der Waals surface area contributed by atoms with Crippen molar-refractivity contribution in [3.05, 3.63) is 29.3 Å². The molecule has 1 aromatic rings. The summed E-state index contributed by atoms with van der Waals surface area (Å²) in [6, 6.07) is 5.07. The Labute approximate surface area is 184 Å². The van der Waals surface area contributed by atoms with E-state index < -0.39 is 31.5 Å². The third-order valence-corrected chi connectivity index (χ3v) is 5.26. The topological polar surface area (TPSA) is 89.5 Å². The first-order chi connectivity index (χ1) is 14.3. The smallest absolute Gasteiger partial charge is 0.345 e. The Hall–Kier alpha value is -2.52. The van der Waals surface area contributed by atoms with Crippen molar-refractivity contribution in [2.24, 2.45) is 0 Å². The average Bonchev–Trinajstić information content (AvgIpc) is 3.04. The molecule has 0 saturated heterocycles. The van der Waals surface area contributed by atoms with Crippen LogP contribution in [0.3, 0.4) is 0 Å². The molecule has 0 fully saturated rings. The lowest BCUT2D eigenvalue weighted by atomic mass is 9.93. The number of ether oxygens (including phenoxy) is 5. The first-order valence-electron chi connectivity index (χ1n) is 9.90. The normalized spacial score (nSPS) is 19.0. The SMILES string of the molecule is COC(=O)C1(O[Si](C)(C)C)COC(c2ccc(OC)c(OC)c2)=C1C(=O)OC(C)(C)C. The van der Waals surface area contributed by atoms with Crippen LogP contribution in [0.5, 0.6) is 11.5 Å². The third-order valence-electron chi connectivity index (χ3n) is 4.29. The van der Waals surface area contributed by atoms with E-state index in [1.54, 1.807) is 39.0 Å². The van der Waals surface area contributed by atoms with Crippen molar-refractivity contribution < 1.29 is 37.7 Å². The summed E-state index contributed by atoms with van der Waals surface area (Å²) >= 11 is 0. The highest BCUT2D eigenvalue weighted by molar-refractivity contribution is 6.70. The molecule has 0 aliphatic carbocycles. The molecule has 2 rings (SSSR count). The minimum Gasteiger partial charge on any atom is -0.493 e. The van der Waals surface area contributed by atoms with Crippen LogP contribution >= 0.6 is 0 Å². The molecular weight excluding hydrogens is 420 g/mol. The van der Waals surface area contributed by atoms with E-state index in [0.29, 0.717) is 17.1 Å². The van der Waals surface area contributed by atoms with Crippen LogP contribution in [-0.2, 0) is 28.2 Å². The lowest BCUT2D eigenvalue weighted by Gasteiger charge is -2.34. The first-order valence-corrected chi connectivity index (χ1v) is 13.3. The average molecular weight is 453 g/mol. The highest BCUT2D eigenvalue weighted by Crippen LogP contribution is 2.43. The number of esters is 2. The Bertz CT molecular complexity index is 878. The van der Waals surface area contributed by atoms with Gasteiger partial charge >= 0.3 is 11.9 Å². The lowest BCUT2D eigenvalue weighted by molar-refractivity contribution is -0.164. The maximum Gasteiger partial charge on any atom is 0.345 e. The second-order valence-electron chi connectivity index (χ2n) is 9.10. The zero-order chi connectivity index (χ0) is 23.6. The zero-order valence-electron chi connectivity index (χ0n) is 19.7. The van der Waals surface area contributed by atoms with Gasteiger partial charge in [-0.2, -0.15) is 0 Å². The van der Waals surface area contributed by atoms with Gasteiger partial charge in [-0.1, -0.05) is 0 Å². The minimum atomic E-state index is -2.35. The van der Waals surface area contributed by atoms with Crippen molar-refractivity contribution in [2.45, 2.75) is 51.6 Å². The van der Waals surface area contributed by atoms with Gasteiger partial charge in [0, 0.05) is 5.56 Å². The molecule has 1 aliphatic rings. The lowest BCUT2D eigenvalue weighted by Crippen LogP contribution is -2.53. The van der Waals surface area contributed by atoms with Crippen LogP contribution in [0.1, 0.15) is 26.3 Å². The fourth-order valence-electron chi connectivity index (χ4n) is 3.26. The number of carbonyl (C=O) groups excluding carboxylic acids is 2. The molecule has 1 aromatic carbocycles. The highest BCUT2D eigenvalue weighted by atomic mass is 28.4. The van der Waals surface area contributed by atoms with Crippen LogP contribution in [0, 0.1) is 0 Å². The molecule has 172 valence electrons. The monoisotopic (exact) mass is 452 g/mol. The maximum absolute atomic E-state index is 13.4. The van der Waals surface area contributed by atoms with E-state index in [4.69, 9.17) is 28.1 Å². The summed E-state index contributed by atoms with van der Waals surface area (Å²) in [5.74, 6) is -0.286. The molecule has 0 radical (unpaired) electrons. The van der Waals surface area contributed by atoms with Crippen LogP contribution in [0.4, 0.5) is 0 Å². The maximum atomic E-state index is 13.4. The van der Waals surface area contributed by atoms with E-state index >= 15 is 0 Å². The van der Waals surface area contributed by atoms with Crippen molar-refractivity contribution in [1.29, 1.82) is 0 Å². The fourth-order valence-corrected chi connectivity index (χ4v) is 4.55. The van der Waals surface area contributed by atoms with E-state index in [2.05, 4.69) is 0 Å². The molecule has 0 saturated carbocycles. The Morgan fingerprint density at radius 1 is 1.03 bits per heavy atom. The van der Waals surface area contributed by atoms with Crippen LogP contribution in [0.25, 0.3) is 5.76 Å². The largest absolute Gasteiger partial charge is 0.493 e. The molecule has 1 unspecified atom stereocenters. The summed E-state index contributed by atoms with van der Waals surface area (Å²) in [4.78, 5) is 26.4. The number of rotatable bonds is 7. The van der Waals surface area contributed by atoms with E-state index in [-0.39, 0.29) is 17.9 Å². The fraction of sp³-hybridized carbons (Fsp3) is 0.545. The number of hydrogen-bond acceptors (Lipinski definition) is 8. The number of benzene rings is 1. The number of carbonyl (C=O) groups is 2. The van der Waals surface area contributed by atoms with Gasteiger partial charge in [0.05, 0.1) is 21.3 Å². The van der Waals surface area contributed by atoms with Crippen molar-refractivity contribution in [3.8, 4) is 11.5 Å². The second-order valence-corrected chi connectivity index (χ2v) is 13.5. The van der Waals surface area contributed by atoms with Crippen LogP contribution in [0.15, 0.2) is 23.8 Å². The van der Waals surface area contributed by atoms with E-state index in [9.17, 15) is 9.59 Å². The highest BCUT2D eigenvalue weighted by Gasteiger charge is 2.57. The van der Waals surface area contributed by atoms with Crippen LogP contribution in [-0.4, -0.2) is 59.4 Å². The summed E-state index contributed by atoms with van der Waals surface area (Å²) in [5.41, 5.74) is -2.03. The van der Waals surface area contributed by atoms with Crippen molar-refractivity contribution in [1.82, 2.24) is 0 Å². The summed E-state index contributed by atoms with van der Waals surface area (Å²) in [7, 11) is 1.93. The molecule has 1 heterocycles. The summed E-state index contributed by atoms with van der Waals surface area (Å²) in [6.45, 7) is 10.8. The molecule has 1 aliphatic heterocycles. The summed E-state index contributed by atoms with van der Waals surface area (Å²) in [5, 5.41) is 0. The number of hydrogen-bond donors (Lipinski definition) is 0. The Morgan fingerprint density at radius 3 is 2.13 bits per heavy atom. The van der Waals surface area contributed by atoms with Gasteiger partial charge in [-0.25, -0.2) is 9.59 Å². The van der Waals surface area contributed by atoms with Crippen LogP contribution in [0.2, 0.25) is 19.6 Å². The van der Waals surface area contributed by atoms with E-state index in [0.717, 1.165) is 0 Å². The van der Waals surface area contributed by atoms with Gasteiger partial charge in [-0.15, -0.1) is 0 Å². The van der Waals surface area contributed by atoms with E-state index in [1.165, 1.54) is 21.3 Å². The molecule has 1 atom stereocenters. The van der Waals surface area contributed by atoms with Gasteiger partial charge in [0.2, 0.25) is 5.60 Å². The van der Waals surface area contributed by atoms with Crippen molar-refractivity contribution in [2.75, 3.05) is 27.9 Å². The third kappa shape index (κ3) is 5.40. The summed E-state index contributed by atoms with van der Waals surface area (Å²) < 4.78 is 33.5. The quantitative estimate of drug-likeness (QED) is 0.458. The molecule has 0 amide bonds. The summed E-state index contributed by atoms with van der Waals surface area (Å²) in [6.07, 6.45) is 0. The molecule has 0 bridgehead atoms. The molecule has 0 N–H and O–H groups in total. The molecular formula is C22H32O8Si. The number of methoxy groups -OCH3 is 3. The van der Waals surface area contributed by atoms with Gasteiger partial charge in [0.1, 0.15) is 23.5 Å². The van der Waals surface area contributed by atoms with Gasteiger partial charge in [-0.05, 0) is 58.6 Å². The Kier molecular flexibility index (Phi) is 7.12. The predicted octanol–water partition coefficient (Wildman–Crippen LogP) is 3.55. The molecule has 9 heteroatoms. The molecule has 0 spiro atoms. The van der Waals surface area contributed by atoms with Crippen molar-refractivity contribution >= 4 is 26.0 Å². The van der Waals surface area contributed by atoms with Gasteiger partial charge in [0.15, 0.2) is 19.8 Å². The van der Waals surface area contributed by atoms with E-state index in [1.807, 2.05) is 19.6 Å². The molecule has 0 aromatic heterocycles. The van der Waals surface area contributed by atoms with Gasteiger partial charge in [-0.3, -0.25) is 0 Å². The van der Waals surface area contributed by atoms with Gasteiger partial charge < -0.3 is 28.1 Å². The minimum absolute atomic E-state index is 0.0241. The second kappa shape index (κ2) is 8.92. The van der Waals surface area contributed by atoms with Crippen LogP contribution < -0.4 is 9.47 Å². The predicted molar refractivity (Wildman–Crippen MR) is 117 cm³/mol. The Morgan fingerprint density at radius 2 is 1.65 bits per heavy atom. The molecule has 31 heavy (non-hydrogen) atoms.